The molecule has 0 saturated heterocycles. The van der Waals surface area contributed by atoms with Gasteiger partial charge in [-0.05, 0) is 315 Å². The lowest BCUT2D eigenvalue weighted by atomic mass is 9.79. The van der Waals surface area contributed by atoms with Crippen LogP contribution in [0.1, 0.15) is 142 Å². The third-order valence-electron chi connectivity index (χ3n) is 30.2. The number of benzene rings is 11. The van der Waals surface area contributed by atoms with Crippen molar-refractivity contribution in [2.45, 2.75) is 147 Å². The topological polar surface area (TPSA) is 274 Å². The molecule has 145 heavy (non-hydrogen) atoms. The molecule has 29 nitrogen and oxygen atoms in total. The maximum atomic E-state index is 12.6. The van der Waals surface area contributed by atoms with Crippen molar-refractivity contribution in [1.82, 2.24) is 29.4 Å². The molecule has 11 heterocycles. The first-order valence-electron chi connectivity index (χ1n) is 48.7. The number of fused-ring (bicyclic) bond motifs is 7. The van der Waals surface area contributed by atoms with Crippen LogP contribution in [0.2, 0.25) is 10.0 Å². The van der Waals surface area contributed by atoms with Crippen LogP contribution in [0.4, 0.5) is 11.4 Å². The minimum atomic E-state index is -0.682. The quantitative estimate of drug-likeness (QED) is 0.0589. The summed E-state index contributed by atoms with van der Waals surface area (Å²) in [6, 6.07) is 49.2. The van der Waals surface area contributed by atoms with Crippen LogP contribution in [0.5, 0.6) is 103 Å². The fourth-order valence-corrected chi connectivity index (χ4v) is 23.4. The van der Waals surface area contributed by atoms with Gasteiger partial charge in [-0.15, -0.1) is 4.91 Å². The van der Waals surface area contributed by atoms with Gasteiger partial charge in [0.05, 0.1) is 92.4 Å². The lowest BCUT2D eigenvalue weighted by Gasteiger charge is -2.45. The van der Waals surface area contributed by atoms with Gasteiger partial charge in [-0.2, -0.15) is 0 Å². The predicted molar refractivity (Wildman–Crippen MR) is 557 cm³/mol. The van der Waals surface area contributed by atoms with Crippen molar-refractivity contribution < 1.29 is 81.0 Å². The molecule has 12 aliphatic rings. The van der Waals surface area contributed by atoms with E-state index in [1.807, 2.05) is 108 Å². The lowest BCUT2D eigenvalue weighted by Crippen LogP contribution is -2.51. The molecule has 0 N–H and O–H groups in total. The molecule has 1 aliphatic carbocycles. The normalized spacial score (nSPS) is 20.1. The molecule has 0 radical (unpaired) electrons. The summed E-state index contributed by atoms with van der Waals surface area (Å²) in [7, 11) is 27.0. The van der Waals surface area contributed by atoms with Gasteiger partial charge in [-0.3, -0.25) is 44.7 Å². The fourth-order valence-electron chi connectivity index (χ4n) is 22.3. The van der Waals surface area contributed by atoms with E-state index in [0.717, 1.165) is 136 Å². The summed E-state index contributed by atoms with van der Waals surface area (Å²) in [4.78, 5) is 55.0. The number of ether oxygens (including phenoxy) is 14. The molecule has 11 aromatic carbocycles. The zero-order valence-electron chi connectivity index (χ0n) is 85.2. The number of rotatable bonds is 13. The third kappa shape index (κ3) is 20.0. The van der Waals surface area contributed by atoms with Gasteiger partial charge in [0.25, 0.3) is 11.4 Å². The first-order chi connectivity index (χ1) is 69.8. The van der Waals surface area contributed by atoms with Gasteiger partial charge in [-0.25, -0.2) is 0 Å². The molecule has 0 aromatic heterocycles. The highest BCUT2D eigenvalue weighted by Crippen LogP contribution is 2.58. The van der Waals surface area contributed by atoms with E-state index in [2.05, 4.69) is 137 Å². The van der Waals surface area contributed by atoms with Crippen molar-refractivity contribution in [1.29, 1.82) is 0 Å². The first-order valence-corrected chi connectivity index (χ1v) is 49.8. The molecule has 0 spiro atoms. The fraction of sp³-hybridized carbons (Fsp3) is 0.381. The summed E-state index contributed by atoms with van der Waals surface area (Å²) in [6.45, 7) is 12.4. The van der Waals surface area contributed by atoms with Crippen molar-refractivity contribution in [3.05, 3.63) is 314 Å². The lowest BCUT2D eigenvalue weighted by molar-refractivity contribution is -0.385. The number of nitrogens with zero attached hydrogens (tertiary/aromatic N) is 9. The second-order valence-electron chi connectivity index (χ2n) is 38.9. The SMILES string of the molecule is COC1=C(Cl)C2=C3C(Oc4cc5c(cc4C)CCN(C)[C@H]5Cc4ccc(cc4)Oc4c(OC)cc([N+](=O)[O-])c(c4Cl)C[C@@H]3N(C)CC2)C1OC.COc1cc([N+](=O)[O-])c2cc1Oc1ccc(cc1)C[C@H]1c3cc(c(C)cc3CCN1C)Oc1c(OC)c(OC)c(Cl)c3c1[C@H](C2)N(C)CC3.COc1ccc2cc1Oc1ccc(cc1)C[C@H]1c3cc(c(C)cc3CCN1C)Oc1c(ON=O)c(OC)cc(C)c1[C@@H](N(C)C)C2. The van der Waals surface area contributed by atoms with Gasteiger partial charge in [0.2, 0.25) is 11.5 Å². The summed E-state index contributed by atoms with van der Waals surface area (Å²) in [5, 5.41) is 29.0. The van der Waals surface area contributed by atoms with E-state index in [0.29, 0.717) is 128 Å². The average Bonchev–Trinajstić information content (AvgIpc) is 0.633. The minimum absolute atomic E-state index is 0.0655. The molecule has 11 aromatic rings. The largest absolute Gasteiger partial charge is 0.497 e. The smallest absolute Gasteiger partial charge is 0.278 e. The highest BCUT2D eigenvalue weighted by atomic mass is 35.5. The van der Waals surface area contributed by atoms with Gasteiger partial charge in [0.1, 0.15) is 40.3 Å². The Morgan fingerprint density at radius 1 is 0.393 bits per heavy atom. The Hall–Kier alpha value is -12.9. The number of allylic oxidation sites excluding steroid dienone is 1. The second-order valence-corrected chi connectivity index (χ2v) is 40.1. The van der Waals surface area contributed by atoms with Gasteiger partial charge in [0.15, 0.2) is 75.0 Å². The molecular weight excluding hydrogens is 1910 g/mol. The van der Waals surface area contributed by atoms with Crippen molar-refractivity contribution in [2.24, 2.45) is 5.34 Å². The molecule has 8 atom stereocenters. The molecule has 32 heteroatoms. The molecule has 0 saturated carbocycles. The van der Waals surface area contributed by atoms with Gasteiger partial charge >= 0.3 is 0 Å². The second kappa shape index (κ2) is 43.0. The molecule has 760 valence electrons. The van der Waals surface area contributed by atoms with Crippen LogP contribution in [0.15, 0.2) is 179 Å². The van der Waals surface area contributed by atoms with E-state index in [9.17, 15) is 25.1 Å². The molecule has 11 aliphatic heterocycles. The number of likely N-dealkylation sites (N-methyl/N-ethyl adjacent to an activating group) is 6. The van der Waals surface area contributed by atoms with Crippen LogP contribution in [0.25, 0.3) is 0 Å². The Bertz CT molecular complexity index is 6900. The third-order valence-corrected chi connectivity index (χ3v) is 31.5. The zero-order chi connectivity index (χ0) is 103. The van der Waals surface area contributed by atoms with E-state index in [1.165, 1.54) is 65.3 Å². The van der Waals surface area contributed by atoms with Crippen LogP contribution in [-0.2, 0) is 73.7 Å². The summed E-state index contributed by atoms with van der Waals surface area (Å²) < 4.78 is 86.6. The number of hydrogen-bond donors (Lipinski definition) is 0. The van der Waals surface area contributed by atoms with Crippen molar-refractivity contribution in [3.63, 3.8) is 0 Å². The van der Waals surface area contributed by atoms with Gasteiger partial charge < -0.3 is 76.1 Å². The number of halogens is 3. The van der Waals surface area contributed by atoms with E-state index in [1.54, 1.807) is 48.7 Å². The maximum absolute atomic E-state index is 12.6. The van der Waals surface area contributed by atoms with E-state index < -0.39 is 23.2 Å². The standard InChI is InChI=1S/C38H41Cl2N3O7.C38H40ClN3O7.C37H41N3O6/c1-20-15-22-11-13-41(2)27-16-21-7-9-23(10-8-21)49-35-31(46-4)19-28(43(44)45)26(34(35)40)17-29-32-24(12-14-42(29)3)33(39)37(47-5)38(48-6)36(32)50-30(20)18-25(22)27;1-21-15-23-11-13-40(2)29-16-22-7-9-25(10-8-22)48-33-18-24(28(42(43)44)20-32(33)45-4)17-30-34-26(12-14-41(30)3)35(39)37(46-5)38(47-6)36(34)49-31(21)19-27(23)29;1-22-16-26-14-15-40(5)29-18-24-8-11-27(12-9-24)44-33-20-25(10-13-31(33)42-6)19-30(39(3)4)35-23(2)17-34(43-7)36(46-38-41)37(35)45-32(22)21-28(26)29/h7-10,15,18-19,27,29,36,38H,11-14,16-17H2,1-6H3;7-10,15,18-20,29-30H,11-14,16-17H2,1-6H3;8-13,16-17,20-21,29-30H,14-15,18-19H2,1-7H3/t27-,29-,36?,38?;2*29-,30-/m000/s1. The molecule has 2 unspecified atom stereocenters. The Balaban J connectivity index is 0.000000143. The van der Waals surface area contributed by atoms with Gasteiger partial charge in [-0.1, -0.05) is 95.5 Å². The summed E-state index contributed by atoms with van der Waals surface area (Å²) in [5.41, 5.74) is 20.9. The van der Waals surface area contributed by atoms with Crippen LogP contribution in [-0.4, -0.2) is 196 Å². The first kappa shape index (κ1) is 102. The van der Waals surface area contributed by atoms with E-state index >= 15 is 0 Å². The molecule has 0 fully saturated rings. The molecule has 18 bridgehead atoms. The summed E-state index contributed by atoms with van der Waals surface area (Å²) in [6.07, 6.45) is 6.15. The van der Waals surface area contributed by atoms with E-state index in [-0.39, 0.29) is 87.4 Å². The number of aryl methyl sites for hydroxylation is 4. The van der Waals surface area contributed by atoms with Crippen molar-refractivity contribution >= 4 is 46.2 Å². The highest BCUT2D eigenvalue weighted by molar-refractivity contribution is 6.34. The highest BCUT2D eigenvalue weighted by Gasteiger charge is 2.48. The van der Waals surface area contributed by atoms with Crippen LogP contribution in [0.3, 0.4) is 0 Å². The van der Waals surface area contributed by atoms with Crippen LogP contribution < -0.4 is 61.7 Å². The van der Waals surface area contributed by atoms with Crippen LogP contribution >= 0.6 is 34.8 Å². The monoisotopic (exact) mass is 2030 g/mol. The van der Waals surface area contributed by atoms with Gasteiger partial charge in [0, 0.05) is 99.2 Å². The van der Waals surface area contributed by atoms with E-state index in [4.69, 9.17) is 106 Å². The molecule has 0 amide bonds. The zero-order valence-corrected chi connectivity index (χ0v) is 87.5. The number of methoxy groups -OCH3 is 8. The number of nitro groups is 2. The summed E-state index contributed by atoms with van der Waals surface area (Å²) in [5.74, 6) is 9.00. The van der Waals surface area contributed by atoms with Crippen molar-refractivity contribution in [3.8, 4) is 103 Å². The Morgan fingerprint density at radius 3 is 1.36 bits per heavy atom. The minimum Gasteiger partial charge on any atom is -0.497 e. The average molecular weight is 2030 g/mol. The van der Waals surface area contributed by atoms with Crippen LogP contribution in [0, 0.1) is 52.8 Å². The number of hydrogen-bond acceptors (Lipinski definition) is 27. The maximum Gasteiger partial charge on any atom is 0.278 e. The Kier molecular flexibility index (Phi) is 30.3. The molecular formula is C113H122Cl3N9O20. The molecule has 23 rings (SSSR count). The summed E-state index contributed by atoms with van der Waals surface area (Å²) >= 11 is 21.3. The Labute approximate surface area is 860 Å². The van der Waals surface area contributed by atoms with Crippen molar-refractivity contribution in [2.75, 3.05) is 139 Å². The predicted octanol–water partition coefficient (Wildman–Crippen LogP) is 23.5. The Morgan fingerprint density at radius 2 is 0.862 bits per heavy atom. The number of nitro benzene ring substituents is 2.